The van der Waals surface area contributed by atoms with Gasteiger partial charge in [-0.25, -0.2) is 4.39 Å². The van der Waals surface area contributed by atoms with Crippen molar-refractivity contribution in [2.45, 2.75) is 46.1 Å². The second-order valence-electron chi connectivity index (χ2n) is 6.46. The van der Waals surface area contributed by atoms with Gasteiger partial charge in [-0.3, -0.25) is 0 Å². The highest BCUT2D eigenvalue weighted by atomic mass is 19.1. The van der Waals surface area contributed by atoms with Crippen LogP contribution in [-0.2, 0) is 0 Å². The van der Waals surface area contributed by atoms with E-state index in [2.05, 4.69) is 26.1 Å². The van der Waals surface area contributed by atoms with Gasteiger partial charge in [0.1, 0.15) is 5.82 Å². The summed E-state index contributed by atoms with van der Waals surface area (Å²) < 4.78 is 13.4. The Kier molecular flexibility index (Phi) is 3.51. The van der Waals surface area contributed by atoms with Crippen molar-refractivity contribution in [3.63, 3.8) is 0 Å². The molecule has 2 nitrogen and oxygen atoms in total. The molecule has 0 aliphatic heterocycles. The summed E-state index contributed by atoms with van der Waals surface area (Å²) in [5, 5.41) is 3.41. The lowest BCUT2D eigenvalue weighted by molar-refractivity contribution is 0.178. The molecule has 1 aliphatic carbocycles. The summed E-state index contributed by atoms with van der Waals surface area (Å²) in [5.41, 5.74) is 7.07. The Morgan fingerprint density at radius 3 is 2.72 bits per heavy atom. The lowest BCUT2D eigenvalue weighted by Crippen LogP contribution is -2.35. The molecular formula is C15H23FN2. The van der Waals surface area contributed by atoms with Gasteiger partial charge in [-0.1, -0.05) is 26.8 Å². The van der Waals surface area contributed by atoms with Crippen LogP contribution in [0.1, 0.15) is 40.0 Å². The maximum Gasteiger partial charge on any atom is 0.148 e. The fourth-order valence-corrected chi connectivity index (χ4v) is 3.34. The van der Waals surface area contributed by atoms with Crippen LogP contribution in [-0.4, -0.2) is 6.04 Å². The predicted octanol–water partition coefficient (Wildman–Crippen LogP) is 4.03. The largest absolute Gasteiger partial charge is 0.395 e. The average Bonchev–Trinajstić information content (AvgIpc) is 2.22. The van der Waals surface area contributed by atoms with Gasteiger partial charge in [-0.15, -0.1) is 0 Å². The average molecular weight is 250 g/mol. The van der Waals surface area contributed by atoms with Crippen LogP contribution >= 0.6 is 0 Å². The van der Waals surface area contributed by atoms with E-state index >= 15 is 0 Å². The van der Waals surface area contributed by atoms with Gasteiger partial charge in [-0.2, -0.15) is 0 Å². The predicted molar refractivity (Wildman–Crippen MR) is 75.0 cm³/mol. The minimum Gasteiger partial charge on any atom is -0.395 e. The van der Waals surface area contributed by atoms with E-state index in [1.165, 1.54) is 12.5 Å². The summed E-state index contributed by atoms with van der Waals surface area (Å²) in [6.07, 6.45) is 3.48. The van der Waals surface area contributed by atoms with E-state index in [1.54, 1.807) is 6.07 Å². The zero-order chi connectivity index (χ0) is 13.3. The van der Waals surface area contributed by atoms with Crippen LogP contribution in [0.3, 0.4) is 0 Å². The SMILES string of the molecule is C[C@@H]1C[C@@H](Nc2cccc(F)c2N)CC(C)(C)C1. The van der Waals surface area contributed by atoms with Gasteiger partial charge in [0.15, 0.2) is 0 Å². The van der Waals surface area contributed by atoms with Gasteiger partial charge in [0.2, 0.25) is 0 Å². The van der Waals surface area contributed by atoms with Gasteiger partial charge in [0.05, 0.1) is 11.4 Å². The van der Waals surface area contributed by atoms with Crippen molar-refractivity contribution < 1.29 is 4.39 Å². The molecule has 1 aromatic rings. The molecule has 1 aliphatic rings. The molecule has 0 spiro atoms. The Morgan fingerprint density at radius 2 is 2.06 bits per heavy atom. The van der Waals surface area contributed by atoms with E-state index in [-0.39, 0.29) is 11.5 Å². The van der Waals surface area contributed by atoms with Crippen LogP contribution in [0.15, 0.2) is 18.2 Å². The first-order chi connectivity index (χ1) is 8.37. The van der Waals surface area contributed by atoms with Gasteiger partial charge in [0.25, 0.3) is 0 Å². The Hall–Kier alpha value is -1.25. The number of nitrogens with two attached hydrogens (primary N) is 1. The normalized spacial score (nSPS) is 26.9. The molecule has 0 bridgehead atoms. The molecule has 0 heterocycles. The van der Waals surface area contributed by atoms with Crippen LogP contribution in [0.25, 0.3) is 0 Å². The first-order valence-corrected chi connectivity index (χ1v) is 6.68. The highest BCUT2D eigenvalue weighted by Gasteiger charge is 2.32. The molecule has 0 aromatic heterocycles. The molecule has 0 amide bonds. The van der Waals surface area contributed by atoms with Crippen LogP contribution in [0, 0.1) is 17.2 Å². The van der Waals surface area contributed by atoms with Gasteiger partial charge >= 0.3 is 0 Å². The van der Waals surface area contributed by atoms with Crippen molar-refractivity contribution in [3.05, 3.63) is 24.0 Å². The summed E-state index contributed by atoms with van der Waals surface area (Å²) in [5.74, 6) is 0.351. The van der Waals surface area contributed by atoms with E-state index < -0.39 is 0 Å². The fourth-order valence-electron chi connectivity index (χ4n) is 3.34. The molecule has 0 unspecified atom stereocenters. The number of hydrogen-bond acceptors (Lipinski definition) is 2. The number of nitrogens with one attached hydrogen (secondary N) is 1. The second-order valence-corrected chi connectivity index (χ2v) is 6.46. The van der Waals surface area contributed by atoms with E-state index in [9.17, 15) is 4.39 Å². The standard InChI is InChI=1S/C15H23FN2/c1-10-7-11(9-15(2,3)8-10)18-13-6-4-5-12(16)14(13)17/h4-6,10-11,18H,7-9,17H2,1-3H3/t10-,11-/m1/s1. The van der Waals surface area contributed by atoms with Crippen molar-refractivity contribution in [1.82, 2.24) is 0 Å². The van der Waals surface area contributed by atoms with Crippen molar-refractivity contribution in [1.29, 1.82) is 0 Å². The third-order valence-corrected chi connectivity index (χ3v) is 3.80. The molecule has 18 heavy (non-hydrogen) atoms. The lowest BCUT2D eigenvalue weighted by Gasteiger charge is -2.39. The number of benzene rings is 1. The maximum atomic E-state index is 13.4. The van der Waals surface area contributed by atoms with Crippen LogP contribution in [0.5, 0.6) is 0 Å². The molecule has 2 atom stereocenters. The molecule has 3 heteroatoms. The highest BCUT2D eigenvalue weighted by molar-refractivity contribution is 5.66. The maximum absolute atomic E-state index is 13.4. The Balaban J connectivity index is 2.11. The molecule has 1 fully saturated rings. The van der Waals surface area contributed by atoms with E-state index in [0.29, 0.717) is 17.4 Å². The lowest BCUT2D eigenvalue weighted by atomic mass is 9.70. The summed E-state index contributed by atoms with van der Waals surface area (Å²) in [6.45, 7) is 6.88. The minimum atomic E-state index is -0.344. The fraction of sp³-hybridized carbons (Fsp3) is 0.600. The molecule has 100 valence electrons. The summed E-state index contributed by atoms with van der Waals surface area (Å²) in [6, 6.07) is 5.33. The van der Waals surface area contributed by atoms with E-state index in [0.717, 1.165) is 18.5 Å². The summed E-state index contributed by atoms with van der Waals surface area (Å²) in [4.78, 5) is 0. The van der Waals surface area contributed by atoms with Gasteiger partial charge in [-0.05, 0) is 42.7 Å². The van der Waals surface area contributed by atoms with Crippen molar-refractivity contribution in [2.24, 2.45) is 11.3 Å². The Bertz CT molecular complexity index is 429. The van der Waals surface area contributed by atoms with Crippen LogP contribution in [0.4, 0.5) is 15.8 Å². The number of para-hydroxylation sites is 1. The topological polar surface area (TPSA) is 38.0 Å². The van der Waals surface area contributed by atoms with E-state index in [1.807, 2.05) is 6.07 Å². The highest BCUT2D eigenvalue weighted by Crippen LogP contribution is 2.40. The zero-order valence-electron chi connectivity index (χ0n) is 11.5. The van der Waals surface area contributed by atoms with Crippen molar-refractivity contribution >= 4 is 11.4 Å². The third-order valence-electron chi connectivity index (χ3n) is 3.80. The third kappa shape index (κ3) is 2.95. The molecule has 1 aromatic carbocycles. The Labute approximate surface area is 109 Å². The first kappa shape index (κ1) is 13.2. The second kappa shape index (κ2) is 4.79. The molecular weight excluding hydrogens is 227 g/mol. The molecule has 0 saturated heterocycles. The zero-order valence-corrected chi connectivity index (χ0v) is 11.5. The Morgan fingerprint density at radius 1 is 1.33 bits per heavy atom. The van der Waals surface area contributed by atoms with Gasteiger partial charge < -0.3 is 11.1 Å². The smallest absolute Gasteiger partial charge is 0.148 e. The van der Waals surface area contributed by atoms with Crippen molar-refractivity contribution in [2.75, 3.05) is 11.1 Å². The monoisotopic (exact) mass is 250 g/mol. The molecule has 0 radical (unpaired) electrons. The molecule has 2 rings (SSSR count). The first-order valence-electron chi connectivity index (χ1n) is 6.68. The van der Waals surface area contributed by atoms with Crippen molar-refractivity contribution in [3.8, 4) is 0 Å². The number of hydrogen-bond donors (Lipinski definition) is 2. The number of nitrogen functional groups attached to an aromatic ring is 1. The molecule has 3 N–H and O–H groups in total. The van der Waals surface area contributed by atoms with Crippen LogP contribution in [0.2, 0.25) is 0 Å². The van der Waals surface area contributed by atoms with Crippen LogP contribution < -0.4 is 11.1 Å². The summed E-state index contributed by atoms with van der Waals surface area (Å²) >= 11 is 0. The van der Waals surface area contributed by atoms with Gasteiger partial charge in [0, 0.05) is 6.04 Å². The minimum absolute atomic E-state index is 0.230. The molecule has 1 saturated carbocycles. The number of halogens is 1. The number of rotatable bonds is 2. The van der Waals surface area contributed by atoms with E-state index in [4.69, 9.17) is 5.73 Å². The summed E-state index contributed by atoms with van der Waals surface area (Å²) in [7, 11) is 0. The number of anilines is 2. The quantitative estimate of drug-likeness (QED) is 0.778.